The summed E-state index contributed by atoms with van der Waals surface area (Å²) < 4.78 is 4.63. The first-order valence-electron chi connectivity index (χ1n) is 6.74. The molecule has 0 saturated heterocycles. The van der Waals surface area contributed by atoms with Crippen LogP contribution in [0, 0.1) is 10.1 Å². The molecule has 2 aromatic carbocycles. The molecule has 118 valence electrons. The van der Waals surface area contributed by atoms with Crippen LogP contribution in [0.1, 0.15) is 5.56 Å². The van der Waals surface area contributed by atoms with Crippen molar-refractivity contribution in [3.63, 3.8) is 0 Å². The highest BCUT2D eigenvalue weighted by Gasteiger charge is 2.15. The molecule has 0 bridgehead atoms. The Morgan fingerprint density at radius 2 is 1.91 bits per heavy atom. The Hall–Kier alpha value is -2.60. The van der Waals surface area contributed by atoms with Gasteiger partial charge >= 0.3 is 5.97 Å². The fourth-order valence-electron chi connectivity index (χ4n) is 2.12. The zero-order valence-corrected chi connectivity index (χ0v) is 13.5. The molecule has 0 aliphatic rings. The zero-order valence-electron chi connectivity index (χ0n) is 12.7. The maximum Gasteiger partial charge on any atom is 0.344 e. The van der Waals surface area contributed by atoms with Crippen LogP contribution in [0.2, 0.25) is 0 Å². The molecule has 2 rings (SSSR count). The largest absolute Gasteiger partial charge is 0.465 e. The maximum absolute atomic E-state index is 11.6. The summed E-state index contributed by atoms with van der Waals surface area (Å²) in [5, 5.41) is 13.2. The molecule has 0 N–H and O–H groups in total. The van der Waals surface area contributed by atoms with Crippen molar-refractivity contribution in [2.24, 2.45) is 0 Å². The van der Waals surface area contributed by atoms with Gasteiger partial charge in [0.05, 0.1) is 16.9 Å². The van der Waals surface area contributed by atoms with E-state index in [1.165, 1.54) is 19.3 Å². The lowest BCUT2D eigenvalue weighted by Crippen LogP contribution is -2.04. The standard InChI is InChI=1S/C17H15NO4S/c1-22-17(19)16(23-2)11-14(18(20)21)10-13-8-5-7-12-6-3-4-9-15(12)13/h3-11H,1-2H3/b14-10+,16-11-. The van der Waals surface area contributed by atoms with Crippen LogP contribution in [-0.2, 0) is 9.53 Å². The van der Waals surface area contributed by atoms with Crippen LogP contribution in [0.4, 0.5) is 0 Å². The number of hydrogen-bond donors (Lipinski definition) is 0. The first-order chi connectivity index (χ1) is 11.1. The molecule has 2 aromatic rings. The zero-order chi connectivity index (χ0) is 16.8. The Morgan fingerprint density at radius 3 is 2.57 bits per heavy atom. The van der Waals surface area contributed by atoms with Gasteiger partial charge in [0.2, 0.25) is 0 Å². The third-order valence-corrected chi connectivity index (χ3v) is 3.95. The maximum atomic E-state index is 11.6. The monoisotopic (exact) mass is 329 g/mol. The van der Waals surface area contributed by atoms with Gasteiger partial charge < -0.3 is 4.74 Å². The van der Waals surface area contributed by atoms with E-state index in [4.69, 9.17) is 0 Å². The Labute approximate surface area is 137 Å². The summed E-state index contributed by atoms with van der Waals surface area (Å²) in [6, 6.07) is 13.2. The number of fused-ring (bicyclic) bond motifs is 1. The van der Waals surface area contributed by atoms with Gasteiger partial charge in [-0.3, -0.25) is 10.1 Å². The smallest absolute Gasteiger partial charge is 0.344 e. The predicted octanol–water partition coefficient (Wildman–Crippen LogP) is 3.88. The molecule has 0 unspecified atom stereocenters. The summed E-state index contributed by atoms with van der Waals surface area (Å²) >= 11 is 1.10. The number of allylic oxidation sites excluding steroid dienone is 1. The molecule has 0 spiro atoms. The molecule has 23 heavy (non-hydrogen) atoms. The fourth-order valence-corrected chi connectivity index (χ4v) is 2.61. The highest BCUT2D eigenvalue weighted by molar-refractivity contribution is 8.03. The van der Waals surface area contributed by atoms with Crippen molar-refractivity contribution in [2.75, 3.05) is 13.4 Å². The van der Waals surface area contributed by atoms with Crippen molar-refractivity contribution in [1.29, 1.82) is 0 Å². The molecular weight excluding hydrogens is 314 g/mol. The number of benzene rings is 2. The Bertz CT molecular complexity index is 806. The van der Waals surface area contributed by atoms with Crippen LogP contribution in [0.25, 0.3) is 16.8 Å². The van der Waals surface area contributed by atoms with Crippen LogP contribution in [-0.4, -0.2) is 24.3 Å². The molecule has 0 aliphatic heterocycles. The van der Waals surface area contributed by atoms with Gasteiger partial charge in [-0.1, -0.05) is 42.5 Å². The fraction of sp³-hybridized carbons (Fsp3) is 0.118. The molecule has 0 fully saturated rings. The quantitative estimate of drug-likeness (QED) is 0.274. The van der Waals surface area contributed by atoms with Gasteiger partial charge in [-0.15, -0.1) is 11.8 Å². The lowest BCUT2D eigenvalue weighted by atomic mass is 10.0. The average molecular weight is 329 g/mol. The molecule has 0 amide bonds. The number of nitro groups is 1. The van der Waals surface area contributed by atoms with Crippen molar-refractivity contribution in [3.05, 3.63) is 74.8 Å². The summed E-state index contributed by atoms with van der Waals surface area (Å²) in [7, 11) is 1.24. The van der Waals surface area contributed by atoms with E-state index in [0.717, 1.165) is 28.1 Å². The highest BCUT2D eigenvalue weighted by Crippen LogP contribution is 2.23. The van der Waals surface area contributed by atoms with Gasteiger partial charge in [0, 0.05) is 12.2 Å². The topological polar surface area (TPSA) is 69.4 Å². The van der Waals surface area contributed by atoms with Gasteiger partial charge in [0.1, 0.15) is 0 Å². The first kappa shape index (κ1) is 16.8. The van der Waals surface area contributed by atoms with E-state index in [0.29, 0.717) is 0 Å². The molecule has 0 heterocycles. The van der Waals surface area contributed by atoms with E-state index in [2.05, 4.69) is 4.74 Å². The number of esters is 1. The second-order valence-electron chi connectivity index (χ2n) is 4.60. The number of ether oxygens (including phenoxy) is 1. The number of rotatable bonds is 5. The van der Waals surface area contributed by atoms with Crippen LogP contribution in [0.15, 0.2) is 59.1 Å². The molecule has 5 nitrogen and oxygen atoms in total. The normalized spacial score (nSPS) is 12.3. The number of thioether (sulfide) groups is 1. The van der Waals surface area contributed by atoms with E-state index in [-0.39, 0.29) is 10.6 Å². The Balaban J connectivity index is 2.56. The van der Waals surface area contributed by atoms with E-state index < -0.39 is 10.9 Å². The van der Waals surface area contributed by atoms with E-state index in [1.54, 1.807) is 12.3 Å². The Morgan fingerprint density at radius 1 is 1.22 bits per heavy atom. The van der Waals surface area contributed by atoms with Crippen molar-refractivity contribution in [3.8, 4) is 0 Å². The molecule has 0 aromatic heterocycles. The number of carbonyl (C=O) groups excluding carboxylic acids is 1. The molecule has 0 radical (unpaired) electrons. The highest BCUT2D eigenvalue weighted by atomic mass is 32.2. The minimum Gasteiger partial charge on any atom is -0.465 e. The summed E-state index contributed by atoms with van der Waals surface area (Å²) in [5.41, 5.74) is 0.549. The third-order valence-electron chi connectivity index (χ3n) is 3.22. The molecule has 0 atom stereocenters. The van der Waals surface area contributed by atoms with Gasteiger partial charge in [-0.05, 0) is 22.6 Å². The summed E-state index contributed by atoms with van der Waals surface area (Å²) in [6.45, 7) is 0. The first-order valence-corrected chi connectivity index (χ1v) is 7.97. The third kappa shape index (κ3) is 3.98. The van der Waals surface area contributed by atoms with E-state index in [9.17, 15) is 14.9 Å². The molecule has 0 aliphatic carbocycles. The lowest BCUT2D eigenvalue weighted by molar-refractivity contribution is -0.417. The predicted molar refractivity (Wildman–Crippen MR) is 92.5 cm³/mol. The number of hydrogen-bond acceptors (Lipinski definition) is 5. The number of methoxy groups -OCH3 is 1. The van der Waals surface area contributed by atoms with Gasteiger partial charge in [-0.25, -0.2) is 4.79 Å². The van der Waals surface area contributed by atoms with Gasteiger partial charge in [0.15, 0.2) is 0 Å². The van der Waals surface area contributed by atoms with Gasteiger partial charge in [0.25, 0.3) is 5.70 Å². The van der Waals surface area contributed by atoms with E-state index in [1.807, 2.05) is 36.4 Å². The molecular formula is C17H15NO4S. The number of carbonyl (C=O) groups is 1. The van der Waals surface area contributed by atoms with Crippen LogP contribution in [0.5, 0.6) is 0 Å². The minimum atomic E-state index is -0.594. The SMILES string of the molecule is COC(=O)/C(=C/C(=C\c1cccc2ccccc12)[N+](=O)[O-])SC. The van der Waals surface area contributed by atoms with E-state index >= 15 is 0 Å². The van der Waals surface area contributed by atoms with Crippen molar-refractivity contribution in [2.45, 2.75) is 0 Å². The molecule has 6 heteroatoms. The second kappa shape index (κ2) is 7.60. The van der Waals surface area contributed by atoms with Crippen LogP contribution in [0.3, 0.4) is 0 Å². The lowest BCUT2D eigenvalue weighted by Gasteiger charge is -2.03. The second-order valence-corrected chi connectivity index (χ2v) is 5.45. The number of nitrogens with zero attached hydrogens (tertiary/aromatic N) is 1. The van der Waals surface area contributed by atoms with Crippen LogP contribution >= 0.6 is 11.8 Å². The van der Waals surface area contributed by atoms with Crippen molar-refractivity contribution in [1.82, 2.24) is 0 Å². The summed E-state index contributed by atoms with van der Waals surface area (Å²) in [5.74, 6) is -0.594. The van der Waals surface area contributed by atoms with Crippen molar-refractivity contribution >= 4 is 34.6 Å². The summed E-state index contributed by atoms with van der Waals surface area (Å²) in [4.78, 5) is 22.6. The Kier molecular flexibility index (Phi) is 5.54. The molecule has 0 saturated carbocycles. The van der Waals surface area contributed by atoms with Crippen molar-refractivity contribution < 1.29 is 14.5 Å². The van der Waals surface area contributed by atoms with Crippen LogP contribution < -0.4 is 0 Å². The summed E-state index contributed by atoms with van der Waals surface area (Å²) in [6.07, 6.45) is 4.36. The minimum absolute atomic E-state index is 0.170. The average Bonchev–Trinajstić information content (AvgIpc) is 2.57. The van der Waals surface area contributed by atoms with Gasteiger partial charge in [-0.2, -0.15) is 0 Å².